The van der Waals surface area contributed by atoms with E-state index in [1.54, 1.807) is 0 Å². The zero-order valence-corrected chi connectivity index (χ0v) is 7.66. The molecule has 86 valence electrons. The molecule has 0 aliphatic rings. The summed E-state index contributed by atoms with van der Waals surface area (Å²) >= 11 is 0. The van der Waals surface area contributed by atoms with E-state index < -0.39 is 24.0 Å². The zero-order chi connectivity index (χ0) is 12.3. The van der Waals surface area contributed by atoms with Crippen LogP contribution < -0.4 is 5.32 Å². The lowest BCUT2D eigenvalue weighted by molar-refractivity contribution is -0.269. The summed E-state index contributed by atoms with van der Waals surface area (Å²) in [4.78, 5) is 10.6. The third-order valence-corrected chi connectivity index (χ3v) is 1.56. The highest BCUT2D eigenvalue weighted by molar-refractivity contribution is 5.84. The fourth-order valence-electron chi connectivity index (χ4n) is 0.639. The molecule has 0 aliphatic heterocycles. The number of nitrogens with one attached hydrogen (secondary N) is 1. The molecule has 15 heavy (non-hydrogen) atoms. The smallest absolute Gasteiger partial charge is 0.337 e. The molecule has 0 aliphatic carbocycles. The number of rotatable bonds is 3. The van der Waals surface area contributed by atoms with Gasteiger partial charge < -0.3 is 5.32 Å². The Bertz CT molecular complexity index is 278. The minimum Gasteiger partial charge on any atom is -0.337 e. The molecule has 0 saturated heterocycles. The second kappa shape index (κ2) is 4.47. The van der Waals surface area contributed by atoms with Crippen LogP contribution in [0.1, 0.15) is 13.3 Å². The maximum atomic E-state index is 12.4. The highest BCUT2D eigenvalue weighted by Crippen LogP contribution is 2.35. The summed E-state index contributed by atoms with van der Waals surface area (Å²) in [6, 6.07) is -1.13. The molecular formula is C8H8F5NO. The van der Waals surface area contributed by atoms with Gasteiger partial charge in [-0.05, 0) is 6.42 Å². The number of alkyl halides is 5. The Morgan fingerprint density at radius 2 is 1.87 bits per heavy atom. The number of terminal acetylenes is 1. The molecule has 0 fully saturated rings. The maximum absolute atomic E-state index is 12.4. The standard InChI is InChI=1S/C8H8F5NO/c1-3-5(4-2)14-6(15)7(9,10)8(11,12)13/h1,5H,4H2,2H3,(H,14,15). The van der Waals surface area contributed by atoms with Gasteiger partial charge in [-0.3, -0.25) is 4.79 Å². The van der Waals surface area contributed by atoms with Crippen molar-refractivity contribution in [2.45, 2.75) is 31.5 Å². The average Bonchev–Trinajstić information content (AvgIpc) is 2.11. The van der Waals surface area contributed by atoms with Crippen LogP contribution in [-0.2, 0) is 4.79 Å². The summed E-state index contributed by atoms with van der Waals surface area (Å²) in [7, 11) is 0. The van der Waals surface area contributed by atoms with Gasteiger partial charge in [0, 0.05) is 0 Å². The molecule has 0 aromatic rings. The predicted octanol–water partition coefficient (Wildman–Crippen LogP) is 1.71. The molecule has 0 radical (unpaired) electrons. The third-order valence-electron chi connectivity index (χ3n) is 1.56. The van der Waals surface area contributed by atoms with Gasteiger partial charge in [0.25, 0.3) is 0 Å². The fraction of sp³-hybridized carbons (Fsp3) is 0.625. The molecular weight excluding hydrogens is 221 g/mol. The summed E-state index contributed by atoms with van der Waals surface area (Å²) in [5.74, 6) is -5.98. The van der Waals surface area contributed by atoms with E-state index in [2.05, 4.69) is 0 Å². The molecule has 1 unspecified atom stereocenters. The minimum atomic E-state index is -5.91. The Hall–Kier alpha value is -1.32. The number of carbonyl (C=O) groups is 1. The largest absolute Gasteiger partial charge is 0.463 e. The van der Waals surface area contributed by atoms with Gasteiger partial charge in [0.1, 0.15) is 0 Å². The van der Waals surface area contributed by atoms with Crippen molar-refractivity contribution in [3.63, 3.8) is 0 Å². The molecule has 0 bridgehead atoms. The summed E-state index contributed by atoms with van der Waals surface area (Å²) < 4.78 is 59.7. The number of hydrogen-bond donors (Lipinski definition) is 1. The molecule has 7 heteroatoms. The van der Waals surface area contributed by atoms with Crippen LogP contribution in [0.2, 0.25) is 0 Å². The van der Waals surface area contributed by atoms with Crippen LogP contribution in [0.15, 0.2) is 0 Å². The molecule has 0 spiro atoms. The lowest BCUT2D eigenvalue weighted by atomic mass is 10.2. The van der Waals surface area contributed by atoms with E-state index in [-0.39, 0.29) is 6.42 Å². The highest BCUT2D eigenvalue weighted by atomic mass is 19.4. The van der Waals surface area contributed by atoms with Crippen LogP contribution in [0.5, 0.6) is 0 Å². The van der Waals surface area contributed by atoms with Crippen molar-refractivity contribution in [1.82, 2.24) is 5.32 Å². The first kappa shape index (κ1) is 13.7. The van der Waals surface area contributed by atoms with Gasteiger partial charge >= 0.3 is 18.0 Å². The first-order chi connectivity index (χ1) is 6.66. The van der Waals surface area contributed by atoms with Gasteiger partial charge in [0.15, 0.2) is 0 Å². The molecule has 0 heterocycles. The van der Waals surface area contributed by atoms with Gasteiger partial charge in [-0.1, -0.05) is 12.8 Å². The number of amides is 1. The molecule has 0 saturated carbocycles. The van der Waals surface area contributed by atoms with Crippen molar-refractivity contribution < 1.29 is 26.7 Å². The van der Waals surface area contributed by atoms with E-state index >= 15 is 0 Å². The van der Waals surface area contributed by atoms with E-state index in [0.29, 0.717) is 0 Å². The second-order valence-electron chi connectivity index (χ2n) is 2.67. The summed E-state index contributed by atoms with van der Waals surface area (Å²) in [6.45, 7) is 1.44. The molecule has 1 atom stereocenters. The Morgan fingerprint density at radius 3 is 2.13 bits per heavy atom. The van der Waals surface area contributed by atoms with E-state index in [1.807, 2.05) is 5.92 Å². The zero-order valence-electron chi connectivity index (χ0n) is 7.66. The first-order valence-electron chi connectivity index (χ1n) is 3.88. The van der Waals surface area contributed by atoms with Crippen LogP contribution in [-0.4, -0.2) is 24.0 Å². The van der Waals surface area contributed by atoms with Crippen LogP contribution in [0.4, 0.5) is 22.0 Å². The SMILES string of the molecule is C#CC(CC)NC(=O)C(F)(F)C(F)(F)F. The van der Waals surface area contributed by atoms with Crippen molar-refractivity contribution >= 4 is 5.91 Å². The van der Waals surface area contributed by atoms with Crippen molar-refractivity contribution in [2.24, 2.45) is 0 Å². The van der Waals surface area contributed by atoms with Crippen LogP contribution in [0.25, 0.3) is 0 Å². The number of carbonyl (C=O) groups excluding carboxylic acids is 1. The predicted molar refractivity (Wildman–Crippen MR) is 42.1 cm³/mol. The van der Waals surface area contributed by atoms with E-state index in [9.17, 15) is 26.7 Å². The third kappa shape index (κ3) is 3.08. The second-order valence-corrected chi connectivity index (χ2v) is 2.67. The normalized spacial score (nSPS) is 14.2. The number of hydrogen-bond acceptors (Lipinski definition) is 1. The van der Waals surface area contributed by atoms with Crippen LogP contribution in [0, 0.1) is 12.3 Å². The maximum Gasteiger partial charge on any atom is 0.463 e. The van der Waals surface area contributed by atoms with Crippen molar-refractivity contribution in [1.29, 1.82) is 0 Å². The molecule has 0 aromatic heterocycles. The average molecular weight is 229 g/mol. The fourth-order valence-corrected chi connectivity index (χ4v) is 0.639. The monoisotopic (exact) mass is 229 g/mol. The summed E-state index contributed by atoms with van der Waals surface area (Å²) in [6.07, 6.45) is -1.05. The molecule has 0 aromatic carbocycles. The van der Waals surface area contributed by atoms with Crippen molar-refractivity contribution in [3.05, 3.63) is 0 Å². The summed E-state index contributed by atoms with van der Waals surface area (Å²) in [5.41, 5.74) is 0. The highest BCUT2D eigenvalue weighted by Gasteiger charge is 2.63. The van der Waals surface area contributed by atoms with E-state index in [4.69, 9.17) is 6.42 Å². The molecule has 0 rings (SSSR count). The van der Waals surface area contributed by atoms with Gasteiger partial charge in [-0.2, -0.15) is 22.0 Å². The summed E-state index contributed by atoms with van der Waals surface area (Å²) in [5, 5.41) is 1.42. The first-order valence-corrected chi connectivity index (χ1v) is 3.88. The Balaban J connectivity index is 4.67. The molecule has 2 nitrogen and oxygen atoms in total. The quantitative estimate of drug-likeness (QED) is 0.579. The van der Waals surface area contributed by atoms with Gasteiger partial charge in [-0.25, -0.2) is 0 Å². The Kier molecular flexibility index (Phi) is 4.07. The van der Waals surface area contributed by atoms with Gasteiger partial charge in [0.2, 0.25) is 0 Å². The van der Waals surface area contributed by atoms with Crippen LogP contribution in [0.3, 0.4) is 0 Å². The minimum absolute atomic E-state index is 0.0657. The van der Waals surface area contributed by atoms with E-state index in [0.717, 1.165) is 0 Å². The van der Waals surface area contributed by atoms with Gasteiger partial charge in [-0.15, -0.1) is 6.42 Å². The molecule has 1 amide bonds. The Labute approximate surface area is 82.8 Å². The van der Waals surface area contributed by atoms with Crippen LogP contribution >= 0.6 is 0 Å². The lowest BCUT2D eigenvalue weighted by Gasteiger charge is -2.20. The van der Waals surface area contributed by atoms with Crippen molar-refractivity contribution in [3.8, 4) is 12.3 Å². The van der Waals surface area contributed by atoms with E-state index in [1.165, 1.54) is 12.2 Å². The van der Waals surface area contributed by atoms with Crippen molar-refractivity contribution in [2.75, 3.05) is 0 Å². The Morgan fingerprint density at radius 1 is 1.40 bits per heavy atom. The molecule has 1 N–H and O–H groups in total. The number of halogens is 5. The topological polar surface area (TPSA) is 29.1 Å². The lowest BCUT2D eigenvalue weighted by Crippen LogP contribution is -2.52. The van der Waals surface area contributed by atoms with Gasteiger partial charge in [0.05, 0.1) is 6.04 Å².